The summed E-state index contributed by atoms with van der Waals surface area (Å²) in [4.78, 5) is 29.1. The summed E-state index contributed by atoms with van der Waals surface area (Å²) in [6.07, 6.45) is 0. The predicted octanol–water partition coefficient (Wildman–Crippen LogP) is 3.39. The van der Waals surface area contributed by atoms with Gasteiger partial charge in [-0.25, -0.2) is 4.79 Å². The number of benzene rings is 2. The Balaban J connectivity index is 1.70. The van der Waals surface area contributed by atoms with Gasteiger partial charge in [-0.1, -0.05) is 29.8 Å². The minimum Gasteiger partial charge on any atom is -0.494 e. The second-order valence-electron chi connectivity index (χ2n) is 7.03. The van der Waals surface area contributed by atoms with Gasteiger partial charge >= 0.3 is 6.03 Å². The third-order valence-electron chi connectivity index (χ3n) is 5.23. The van der Waals surface area contributed by atoms with Crippen molar-refractivity contribution < 1.29 is 14.3 Å². The van der Waals surface area contributed by atoms with Gasteiger partial charge in [0.1, 0.15) is 5.75 Å². The van der Waals surface area contributed by atoms with Crippen molar-refractivity contribution in [2.45, 2.75) is 19.9 Å². The Morgan fingerprint density at radius 3 is 2.39 bits per heavy atom. The van der Waals surface area contributed by atoms with E-state index >= 15 is 0 Å². The lowest BCUT2D eigenvalue weighted by Crippen LogP contribution is -2.45. The normalized spacial score (nSPS) is 19.0. The number of carbonyl (C=O) groups excluding carboxylic acids is 2. The Bertz CT molecular complexity index is 948. The van der Waals surface area contributed by atoms with Gasteiger partial charge < -0.3 is 15.0 Å². The first-order chi connectivity index (χ1) is 13.5. The number of nitrogens with one attached hydrogen (secondary N) is 1. The first kappa shape index (κ1) is 18.1. The molecule has 3 amide bonds. The van der Waals surface area contributed by atoms with Crippen LogP contribution in [0.5, 0.6) is 5.75 Å². The van der Waals surface area contributed by atoms with E-state index in [1.165, 1.54) is 4.90 Å². The summed E-state index contributed by atoms with van der Waals surface area (Å²) in [5, 5.41) is 2.96. The lowest BCUT2D eigenvalue weighted by Gasteiger charge is -2.31. The molecular weight excluding hydrogens is 354 g/mol. The first-order valence-corrected chi connectivity index (χ1v) is 9.38. The molecule has 0 saturated carbocycles. The molecule has 0 aliphatic carbocycles. The number of hydrogen-bond acceptors (Lipinski definition) is 3. The fourth-order valence-corrected chi connectivity index (χ4v) is 3.67. The number of carbonyl (C=O) groups is 2. The number of anilines is 1. The van der Waals surface area contributed by atoms with Gasteiger partial charge in [0.15, 0.2) is 0 Å². The van der Waals surface area contributed by atoms with Gasteiger partial charge in [-0.3, -0.25) is 9.69 Å². The second-order valence-corrected chi connectivity index (χ2v) is 7.03. The third-order valence-corrected chi connectivity index (χ3v) is 5.23. The highest BCUT2D eigenvalue weighted by atomic mass is 16.5. The smallest absolute Gasteiger partial charge is 0.322 e. The Labute approximate surface area is 164 Å². The number of amides is 3. The molecule has 0 radical (unpaired) electrons. The molecule has 2 heterocycles. The summed E-state index contributed by atoms with van der Waals surface area (Å²) in [5.74, 6) is 0.684. The highest BCUT2D eigenvalue weighted by Crippen LogP contribution is 2.37. The van der Waals surface area contributed by atoms with E-state index in [-0.39, 0.29) is 11.9 Å². The molecule has 2 aromatic rings. The molecule has 144 valence electrons. The third kappa shape index (κ3) is 3.01. The van der Waals surface area contributed by atoms with Crippen LogP contribution >= 0.6 is 0 Å². The van der Waals surface area contributed by atoms with Gasteiger partial charge in [0.2, 0.25) is 0 Å². The number of aryl methyl sites for hydroxylation is 1. The number of likely N-dealkylation sites (N-methyl/N-ethyl adjacent to an activating group) is 1. The molecule has 2 aliphatic rings. The minimum absolute atomic E-state index is 0.0791. The summed E-state index contributed by atoms with van der Waals surface area (Å²) < 4.78 is 5.50. The monoisotopic (exact) mass is 377 g/mol. The topological polar surface area (TPSA) is 61.9 Å². The van der Waals surface area contributed by atoms with E-state index in [1.54, 1.807) is 11.9 Å². The molecule has 2 aromatic carbocycles. The number of rotatable bonds is 4. The molecule has 2 aliphatic heterocycles. The summed E-state index contributed by atoms with van der Waals surface area (Å²) in [6, 6.07) is 14.7. The number of ether oxygens (including phenoxy) is 1. The van der Waals surface area contributed by atoms with Crippen LogP contribution in [0.2, 0.25) is 0 Å². The van der Waals surface area contributed by atoms with Gasteiger partial charge in [0, 0.05) is 12.7 Å². The lowest BCUT2D eigenvalue weighted by atomic mass is 9.95. The van der Waals surface area contributed by atoms with Crippen molar-refractivity contribution in [3.63, 3.8) is 0 Å². The maximum absolute atomic E-state index is 13.3. The summed E-state index contributed by atoms with van der Waals surface area (Å²) in [5.41, 5.74) is 4.18. The fraction of sp³-hybridized carbons (Fsp3) is 0.273. The molecule has 28 heavy (non-hydrogen) atoms. The maximum atomic E-state index is 13.3. The highest BCUT2D eigenvalue weighted by Gasteiger charge is 2.43. The van der Waals surface area contributed by atoms with Gasteiger partial charge in [-0.2, -0.15) is 0 Å². The first-order valence-electron chi connectivity index (χ1n) is 9.38. The van der Waals surface area contributed by atoms with Gasteiger partial charge in [0.05, 0.1) is 30.5 Å². The standard InChI is InChI=1S/C22H23N3O3/c1-4-28-17-11-7-15(8-12-17)20-19-18(24(3)22(27)23-20)13-25(21(19)26)16-9-5-14(2)6-10-16/h5-12,20H,4,13H2,1-3H3,(H,23,27). The molecule has 0 bridgehead atoms. The van der Waals surface area contributed by atoms with E-state index in [9.17, 15) is 9.59 Å². The molecule has 6 heteroatoms. The summed E-state index contributed by atoms with van der Waals surface area (Å²) in [6.45, 7) is 4.91. The molecule has 4 rings (SSSR count). The maximum Gasteiger partial charge on any atom is 0.322 e. The van der Waals surface area contributed by atoms with Crippen LogP contribution in [-0.4, -0.2) is 37.0 Å². The summed E-state index contributed by atoms with van der Waals surface area (Å²) >= 11 is 0. The van der Waals surface area contributed by atoms with Crippen molar-refractivity contribution in [2.24, 2.45) is 0 Å². The molecule has 0 spiro atoms. The lowest BCUT2D eigenvalue weighted by molar-refractivity contribution is -0.114. The summed E-state index contributed by atoms with van der Waals surface area (Å²) in [7, 11) is 1.70. The molecule has 1 unspecified atom stereocenters. The van der Waals surface area contributed by atoms with Gasteiger partial charge in [-0.05, 0) is 43.7 Å². The molecular formula is C22H23N3O3. The van der Waals surface area contributed by atoms with Crippen LogP contribution in [-0.2, 0) is 4.79 Å². The van der Waals surface area contributed by atoms with Crippen molar-refractivity contribution in [2.75, 3.05) is 25.1 Å². The second kappa shape index (κ2) is 7.03. The zero-order chi connectivity index (χ0) is 19.8. The largest absolute Gasteiger partial charge is 0.494 e. The molecule has 0 saturated heterocycles. The average molecular weight is 377 g/mol. The van der Waals surface area contributed by atoms with Crippen molar-refractivity contribution in [3.8, 4) is 5.75 Å². The molecule has 1 N–H and O–H groups in total. The SMILES string of the molecule is CCOc1ccc(C2NC(=O)N(C)C3=C2C(=O)N(c2ccc(C)cc2)C3)cc1. The molecule has 0 fully saturated rings. The zero-order valence-corrected chi connectivity index (χ0v) is 16.2. The quantitative estimate of drug-likeness (QED) is 0.888. The number of hydrogen-bond donors (Lipinski definition) is 1. The minimum atomic E-state index is -0.475. The highest BCUT2D eigenvalue weighted by molar-refractivity contribution is 6.11. The van der Waals surface area contributed by atoms with Crippen molar-refractivity contribution >= 4 is 17.6 Å². The van der Waals surface area contributed by atoms with Crippen molar-refractivity contribution in [1.82, 2.24) is 10.2 Å². The fourth-order valence-electron chi connectivity index (χ4n) is 3.67. The van der Waals surface area contributed by atoms with Crippen LogP contribution in [0.4, 0.5) is 10.5 Å². The van der Waals surface area contributed by atoms with Crippen LogP contribution in [0.25, 0.3) is 0 Å². The van der Waals surface area contributed by atoms with Crippen LogP contribution in [0.1, 0.15) is 24.1 Å². The number of urea groups is 1. The number of nitrogens with zero attached hydrogens (tertiary/aromatic N) is 2. The van der Waals surface area contributed by atoms with Crippen LogP contribution in [0.3, 0.4) is 0 Å². The molecule has 6 nitrogen and oxygen atoms in total. The molecule has 0 aromatic heterocycles. The zero-order valence-electron chi connectivity index (χ0n) is 16.2. The van der Waals surface area contributed by atoms with Gasteiger partial charge in [-0.15, -0.1) is 0 Å². The molecule has 1 atom stereocenters. The Kier molecular flexibility index (Phi) is 4.55. The van der Waals surface area contributed by atoms with Crippen LogP contribution in [0, 0.1) is 6.92 Å². The van der Waals surface area contributed by atoms with E-state index in [0.717, 1.165) is 28.3 Å². The Morgan fingerprint density at radius 2 is 1.75 bits per heavy atom. The van der Waals surface area contributed by atoms with E-state index in [0.29, 0.717) is 18.7 Å². The van der Waals surface area contributed by atoms with E-state index in [4.69, 9.17) is 4.74 Å². The van der Waals surface area contributed by atoms with E-state index in [1.807, 2.05) is 62.4 Å². The van der Waals surface area contributed by atoms with Crippen LogP contribution in [0.15, 0.2) is 59.8 Å². The van der Waals surface area contributed by atoms with Crippen molar-refractivity contribution in [1.29, 1.82) is 0 Å². The van der Waals surface area contributed by atoms with Gasteiger partial charge in [0.25, 0.3) is 5.91 Å². The van der Waals surface area contributed by atoms with E-state index < -0.39 is 6.04 Å². The predicted molar refractivity (Wildman–Crippen MR) is 107 cm³/mol. The Morgan fingerprint density at radius 1 is 1.07 bits per heavy atom. The Hall–Kier alpha value is -3.28. The average Bonchev–Trinajstić information content (AvgIpc) is 3.04. The van der Waals surface area contributed by atoms with E-state index in [2.05, 4.69) is 5.32 Å². The van der Waals surface area contributed by atoms with Crippen LogP contribution < -0.4 is 15.0 Å². The van der Waals surface area contributed by atoms with Crippen molar-refractivity contribution in [3.05, 3.63) is 70.9 Å².